The summed E-state index contributed by atoms with van der Waals surface area (Å²) in [5.74, 6) is 0.0336. The van der Waals surface area contributed by atoms with Crippen molar-refractivity contribution in [2.75, 3.05) is 6.61 Å². The minimum Gasteiger partial charge on any atom is -0.488 e. The molecular weight excluding hydrogens is 615 g/mol. The van der Waals surface area contributed by atoms with Gasteiger partial charge in [0, 0.05) is 21.2 Å². The van der Waals surface area contributed by atoms with Crippen molar-refractivity contribution < 1.29 is 14.3 Å². The Kier molecular flexibility index (Phi) is 8.79. The Morgan fingerprint density at radius 2 is 1.61 bits per heavy atom. The van der Waals surface area contributed by atoms with Crippen LogP contribution in [0.4, 0.5) is 0 Å². The summed E-state index contributed by atoms with van der Waals surface area (Å²) in [6.45, 7) is 2.27. The SMILES string of the molecule is CCOC(=O)C1=C(c2ccccc2)N=c2s/c(=C\c3cc(Cl)ccc3OCc3ccccc3)c(=O)n2[C@@H]1c1ccc(Cl)cc1. The molecule has 0 radical (unpaired) electrons. The van der Waals surface area contributed by atoms with Gasteiger partial charge in [0.05, 0.1) is 28.5 Å². The van der Waals surface area contributed by atoms with E-state index in [-0.39, 0.29) is 17.7 Å². The molecule has 44 heavy (non-hydrogen) atoms. The molecule has 220 valence electrons. The average Bonchev–Trinajstić information content (AvgIpc) is 3.35. The van der Waals surface area contributed by atoms with Gasteiger partial charge in [-0.2, -0.15) is 0 Å². The lowest BCUT2D eigenvalue weighted by molar-refractivity contribution is -0.138. The zero-order valence-corrected chi connectivity index (χ0v) is 25.9. The highest BCUT2D eigenvalue weighted by Gasteiger charge is 2.35. The smallest absolute Gasteiger partial charge is 0.338 e. The molecule has 1 aliphatic heterocycles. The second-order valence-electron chi connectivity index (χ2n) is 9.94. The molecule has 0 aliphatic carbocycles. The zero-order chi connectivity index (χ0) is 30.6. The van der Waals surface area contributed by atoms with Gasteiger partial charge in [0.1, 0.15) is 12.4 Å². The topological polar surface area (TPSA) is 69.9 Å². The van der Waals surface area contributed by atoms with Crippen molar-refractivity contribution in [1.29, 1.82) is 0 Å². The van der Waals surface area contributed by atoms with E-state index in [4.69, 9.17) is 37.7 Å². The first-order valence-corrected chi connectivity index (χ1v) is 15.5. The van der Waals surface area contributed by atoms with Crippen molar-refractivity contribution in [3.63, 3.8) is 0 Å². The van der Waals surface area contributed by atoms with E-state index in [9.17, 15) is 9.59 Å². The highest BCUT2D eigenvalue weighted by molar-refractivity contribution is 7.07. The van der Waals surface area contributed by atoms with E-state index >= 15 is 0 Å². The maximum atomic E-state index is 14.2. The quantitative estimate of drug-likeness (QED) is 0.175. The summed E-state index contributed by atoms with van der Waals surface area (Å²) >= 11 is 13.8. The van der Waals surface area contributed by atoms with Gasteiger partial charge < -0.3 is 9.47 Å². The first kappa shape index (κ1) is 29.6. The van der Waals surface area contributed by atoms with Crippen molar-refractivity contribution in [1.82, 2.24) is 4.57 Å². The maximum Gasteiger partial charge on any atom is 0.338 e. The summed E-state index contributed by atoms with van der Waals surface area (Å²) in [6, 6.07) is 30.8. The number of aromatic nitrogens is 1. The Hall–Kier alpha value is -4.43. The van der Waals surface area contributed by atoms with E-state index in [0.29, 0.717) is 48.6 Å². The number of esters is 1. The van der Waals surface area contributed by atoms with Gasteiger partial charge in [-0.05, 0) is 54.5 Å². The van der Waals surface area contributed by atoms with Crippen molar-refractivity contribution >= 4 is 52.3 Å². The highest BCUT2D eigenvalue weighted by atomic mass is 35.5. The van der Waals surface area contributed by atoms with E-state index < -0.39 is 12.0 Å². The summed E-state index contributed by atoms with van der Waals surface area (Å²) in [5, 5.41) is 1.04. The van der Waals surface area contributed by atoms with Crippen LogP contribution >= 0.6 is 34.5 Å². The average molecular weight is 642 g/mol. The number of halogens is 2. The largest absolute Gasteiger partial charge is 0.488 e. The molecule has 1 atom stereocenters. The molecule has 4 aromatic carbocycles. The van der Waals surface area contributed by atoms with Gasteiger partial charge >= 0.3 is 5.97 Å². The highest BCUT2D eigenvalue weighted by Crippen LogP contribution is 2.35. The van der Waals surface area contributed by atoms with Gasteiger partial charge in [0.2, 0.25) is 0 Å². The summed E-state index contributed by atoms with van der Waals surface area (Å²) in [4.78, 5) is 33.2. The molecule has 0 bridgehead atoms. The van der Waals surface area contributed by atoms with Gasteiger partial charge in [0.25, 0.3) is 5.56 Å². The number of ether oxygens (including phenoxy) is 2. The summed E-state index contributed by atoms with van der Waals surface area (Å²) in [7, 11) is 0. The number of rotatable bonds is 8. The minimum absolute atomic E-state index is 0.169. The molecule has 0 fully saturated rings. The Bertz CT molecular complexity index is 2040. The maximum absolute atomic E-state index is 14.2. The molecule has 5 aromatic rings. The van der Waals surface area contributed by atoms with Crippen LogP contribution in [0.15, 0.2) is 118 Å². The second-order valence-corrected chi connectivity index (χ2v) is 11.8. The molecular formula is C35H26Cl2N2O4S. The summed E-state index contributed by atoms with van der Waals surface area (Å²) in [6.07, 6.45) is 1.76. The summed E-state index contributed by atoms with van der Waals surface area (Å²) < 4.78 is 13.6. The minimum atomic E-state index is -0.798. The predicted octanol–water partition coefficient (Wildman–Crippen LogP) is 6.82. The van der Waals surface area contributed by atoms with E-state index in [2.05, 4.69) is 0 Å². The number of nitrogens with zero attached hydrogens (tertiary/aromatic N) is 2. The van der Waals surface area contributed by atoms with Gasteiger partial charge in [0.15, 0.2) is 4.80 Å². The van der Waals surface area contributed by atoms with Crippen LogP contribution in [0.3, 0.4) is 0 Å². The van der Waals surface area contributed by atoms with Crippen LogP contribution < -0.4 is 19.6 Å². The molecule has 0 N–H and O–H groups in total. The van der Waals surface area contributed by atoms with Gasteiger partial charge in [-0.15, -0.1) is 0 Å². The van der Waals surface area contributed by atoms with Crippen LogP contribution in [0, 0.1) is 0 Å². The Morgan fingerprint density at radius 3 is 2.32 bits per heavy atom. The normalized spacial score (nSPS) is 14.6. The van der Waals surface area contributed by atoms with Crippen LogP contribution in [-0.2, 0) is 16.1 Å². The lowest BCUT2D eigenvalue weighted by Crippen LogP contribution is -2.40. The molecule has 0 saturated heterocycles. The predicted molar refractivity (Wildman–Crippen MR) is 175 cm³/mol. The standard InChI is InChI=1S/C35H26Cl2N2O4S/c1-2-42-34(41)30-31(23-11-7-4-8-12-23)38-35-39(32(30)24-13-15-26(36)16-14-24)33(40)29(44-35)20-25-19-27(37)17-18-28(25)43-21-22-9-5-3-6-10-22/h3-20,32H,2,21H2,1H3/b29-20-/t32-/m1/s1. The molecule has 0 saturated carbocycles. The third-order valence-corrected chi connectivity index (χ3v) is 8.53. The first-order chi connectivity index (χ1) is 21.4. The molecule has 6 nitrogen and oxygen atoms in total. The second kappa shape index (κ2) is 13.1. The van der Waals surface area contributed by atoms with Gasteiger partial charge in [-0.3, -0.25) is 9.36 Å². The van der Waals surface area contributed by atoms with Crippen LogP contribution in [0.5, 0.6) is 5.75 Å². The fourth-order valence-electron chi connectivity index (χ4n) is 5.04. The van der Waals surface area contributed by atoms with E-state index in [1.54, 1.807) is 47.9 Å². The number of hydrogen-bond acceptors (Lipinski definition) is 6. The first-order valence-electron chi connectivity index (χ1n) is 13.9. The number of benzene rings is 4. The number of carbonyl (C=O) groups is 1. The molecule has 1 aliphatic rings. The molecule has 1 aromatic heterocycles. The molecule has 0 amide bonds. The number of thiazole rings is 1. The molecule has 9 heteroatoms. The molecule has 6 rings (SSSR count). The third-order valence-electron chi connectivity index (χ3n) is 7.06. The van der Waals surface area contributed by atoms with Crippen molar-refractivity contribution in [2.45, 2.75) is 19.6 Å². The Labute approximate surface area is 267 Å². The van der Waals surface area contributed by atoms with Gasteiger partial charge in [-0.25, -0.2) is 9.79 Å². The number of carbonyl (C=O) groups excluding carboxylic acids is 1. The third kappa shape index (κ3) is 6.13. The Morgan fingerprint density at radius 1 is 0.932 bits per heavy atom. The monoisotopic (exact) mass is 640 g/mol. The fourth-order valence-corrected chi connectivity index (χ4v) is 6.34. The van der Waals surface area contributed by atoms with Crippen molar-refractivity contribution in [2.24, 2.45) is 4.99 Å². The van der Waals surface area contributed by atoms with Crippen LogP contribution in [0.1, 0.15) is 35.2 Å². The van der Waals surface area contributed by atoms with Gasteiger partial charge in [-0.1, -0.05) is 107 Å². The number of fused-ring (bicyclic) bond motifs is 1. The summed E-state index contributed by atoms with van der Waals surface area (Å²) in [5.41, 5.74) is 3.50. The van der Waals surface area contributed by atoms with Crippen LogP contribution in [-0.4, -0.2) is 17.1 Å². The van der Waals surface area contributed by atoms with Crippen LogP contribution in [0.2, 0.25) is 10.0 Å². The lowest BCUT2D eigenvalue weighted by Gasteiger charge is -2.25. The molecule has 0 spiro atoms. The van der Waals surface area contributed by atoms with Crippen molar-refractivity contribution in [3.05, 3.63) is 161 Å². The van der Waals surface area contributed by atoms with Crippen LogP contribution in [0.25, 0.3) is 11.8 Å². The lowest BCUT2D eigenvalue weighted by atomic mass is 9.93. The van der Waals surface area contributed by atoms with E-state index in [0.717, 1.165) is 11.1 Å². The molecule has 0 unspecified atom stereocenters. The Balaban J connectivity index is 1.55. The zero-order valence-electron chi connectivity index (χ0n) is 23.6. The molecule has 2 heterocycles. The van der Waals surface area contributed by atoms with E-state index in [1.165, 1.54) is 11.3 Å². The fraction of sp³-hybridized carbons (Fsp3) is 0.114. The van der Waals surface area contributed by atoms with E-state index in [1.807, 2.05) is 72.8 Å². The number of hydrogen-bond donors (Lipinski definition) is 0. The van der Waals surface area contributed by atoms with Crippen molar-refractivity contribution in [3.8, 4) is 5.75 Å².